The van der Waals surface area contributed by atoms with Crippen LogP contribution in [0.4, 0.5) is 0 Å². The van der Waals surface area contributed by atoms with Gasteiger partial charge in [0.2, 0.25) is 5.91 Å². The van der Waals surface area contributed by atoms with Crippen molar-refractivity contribution in [3.63, 3.8) is 0 Å². The normalized spacial score (nSPS) is 17.4. The summed E-state index contributed by atoms with van der Waals surface area (Å²) in [5.41, 5.74) is 0. The number of carbonyl (C=O) groups excluding carboxylic acids is 1. The fourth-order valence-electron chi connectivity index (χ4n) is 3.76. The van der Waals surface area contributed by atoms with E-state index < -0.39 is 0 Å². The smallest absolute Gasteiger partial charge is 0.242 e. The van der Waals surface area contributed by atoms with Crippen LogP contribution in [0, 0.1) is 12.8 Å². The third-order valence-corrected chi connectivity index (χ3v) is 5.46. The van der Waals surface area contributed by atoms with Gasteiger partial charge in [0.05, 0.1) is 6.54 Å². The van der Waals surface area contributed by atoms with Crippen LogP contribution in [-0.4, -0.2) is 40.0 Å². The number of nitrogens with one attached hydrogen (secondary N) is 1. The number of aryl methyl sites for hydroxylation is 1. The van der Waals surface area contributed by atoms with E-state index in [1.165, 1.54) is 0 Å². The van der Waals surface area contributed by atoms with E-state index in [1.807, 2.05) is 30.7 Å². The van der Waals surface area contributed by atoms with Gasteiger partial charge in [-0.3, -0.25) is 9.69 Å². The van der Waals surface area contributed by atoms with Gasteiger partial charge in [0, 0.05) is 24.9 Å². The molecular formula is C21H32N4O2. The monoisotopic (exact) mass is 372 g/mol. The minimum atomic E-state index is -0.229. The zero-order valence-corrected chi connectivity index (χ0v) is 16.9. The first kappa shape index (κ1) is 19.7. The summed E-state index contributed by atoms with van der Waals surface area (Å²) in [5, 5.41) is 3.15. The lowest BCUT2D eigenvalue weighted by Crippen LogP contribution is -2.40. The molecule has 0 unspecified atom stereocenters. The number of hydrogen-bond donors (Lipinski definition) is 1. The van der Waals surface area contributed by atoms with Crippen molar-refractivity contribution >= 4 is 5.91 Å². The lowest BCUT2D eigenvalue weighted by Gasteiger charge is -2.31. The molecule has 0 saturated carbocycles. The second kappa shape index (κ2) is 8.74. The number of carbonyl (C=O) groups is 1. The number of piperidine rings is 1. The Hall–Kier alpha value is -2.08. The highest BCUT2D eigenvalue weighted by molar-refractivity contribution is 5.79. The van der Waals surface area contributed by atoms with Crippen molar-refractivity contribution in [3.8, 4) is 0 Å². The van der Waals surface area contributed by atoms with Crippen molar-refractivity contribution in [3.05, 3.63) is 41.9 Å². The number of nitrogens with zero attached hydrogens (tertiary/aromatic N) is 3. The number of imidazole rings is 1. The molecule has 1 fully saturated rings. The summed E-state index contributed by atoms with van der Waals surface area (Å²) in [4.78, 5) is 19.4. The van der Waals surface area contributed by atoms with Gasteiger partial charge in [0.25, 0.3) is 0 Å². The molecule has 148 valence electrons. The molecule has 0 bridgehead atoms. The van der Waals surface area contributed by atoms with Gasteiger partial charge in [-0.15, -0.1) is 0 Å². The predicted octanol–water partition coefficient (Wildman–Crippen LogP) is 3.50. The lowest BCUT2D eigenvalue weighted by molar-refractivity contribution is -0.124. The van der Waals surface area contributed by atoms with Crippen molar-refractivity contribution in [2.75, 3.05) is 19.6 Å². The number of rotatable bonds is 7. The average Bonchev–Trinajstić information content (AvgIpc) is 3.29. The SMILES string of the molecule is Cc1ccc(CN2CCC(CNC(=O)[C@@H](C)n3ccnc3C(C)C)CC2)o1. The molecule has 6 heteroatoms. The van der Waals surface area contributed by atoms with Crippen LogP contribution >= 0.6 is 0 Å². The van der Waals surface area contributed by atoms with Crippen molar-refractivity contribution in [2.45, 2.75) is 59.0 Å². The molecule has 27 heavy (non-hydrogen) atoms. The molecule has 1 aliphatic rings. The number of furan rings is 1. The predicted molar refractivity (Wildman–Crippen MR) is 105 cm³/mol. The van der Waals surface area contributed by atoms with E-state index >= 15 is 0 Å². The van der Waals surface area contributed by atoms with Gasteiger partial charge in [-0.25, -0.2) is 4.98 Å². The summed E-state index contributed by atoms with van der Waals surface area (Å²) in [6.45, 7) is 11.8. The minimum Gasteiger partial charge on any atom is -0.465 e. The Morgan fingerprint density at radius 2 is 2.04 bits per heavy atom. The summed E-state index contributed by atoms with van der Waals surface area (Å²) in [6.07, 6.45) is 5.89. The van der Waals surface area contributed by atoms with Crippen LogP contribution in [0.5, 0.6) is 0 Å². The third-order valence-electron chi connectivity index (χ3n) is 5.46. The molecule has 1 aliphatic heterocycles. The van der Waals surface area contributed by atoms with Crippen molar-refractivity contribution in [1.82, 2.24) is 19.8 Å². The van der Waals surface area contributed by atoms with Crippen LogP contribution < -0.4 is 5.32 Å². The molecular weight excluding hydrogens is 340 g/mol. The summed E-state index contributed by atoms with van der Waals surface area (Å²) in [7, 11) is 0. The zero-order valence-electron chi connectivity index (χ0n) is 16.9. The highest BCUT2D eigenvalue weighted by atomic mass is 16.3. The van der Waals surface area contributed by atoms with Crippen LogP contribution in [0.15, 0.2) is 28.9 Å². The molecule has 1 amide bonds. The Morgan fingerprint density at radius 1 is 1.30 bits per heavy atom. The van der Waals surface area contributed by atoms with Gasteiger partial charge < -0.3 is 14.3 Å². The highest BCUT2D eigenvalue weighted by Crippen LogP contribution is 2.20. The van der Waals surface area contributed by atoms with Crippen LogP contribution in [0.3, 0.4) is 0 Å². The van der Waals surface area contributed by atoms with Crippen molar-refractivity contribution in [1.29, 1.82) is 0 Å². The summed E-state index contributed by atoms with van der Waals surface area (Å²) >= 11 is 0. The van der Waals surface area contributed by atoms with Gasteiger partial charge >= 0.3 is 0 Å². The Balaban J connectivity index is 1.43. The molecule has 3 rings (SSSR count). The number of amides is 1. The first-order valence-corrected chi connectivity index (χ1v) is 10.0. The van der Waals surface area contributed by atoms with Crippen molar-refractivity contribution < 1.29 is 9.21 Å². The Morgan fingerprint density at radius 3 is 2.67 bits per heavy atom. The number of likely N-dealkylation sites (tertiary alicyclic amines) is 1. The molecule has 2 aromatic heterocycles. The quantitative estimate of drug-likeness (QED) is 0.808. The maximum atomic E-state index is 12.6. The van der Waals surface area contributed by atoms with Gasteiger partial charge in [-0.2, -0.15) is 0 Å². The van der Waals surface area contributed by atoms with Gasteiger partial charge in [-0.1, -0.05) is 13.8 Å². The Kier molecular flexibility index (Phi) is 6.37. The highest BCUT2D eigenvalue weighted by Gasteiger charge is 2.23. The molecule has 0 aliphatic carbocycles. The molecule has 0 radical (unpaired) electrons. The summed E-state index contributed by atoms with van der Waals surface area (Å²) < 4.78 is 7.65. The molecule has 6 nitrogen and oxygen atoms in total. The lowest BCUT2D eigenvalue weighted by atomic mass is 9.96. The Bertz CT molecular complexity index is 741. The van der Waals surface area contributed by atoms with Crippen LogP contribution in [0.2, 0.25) is 0 Å². The van der Waals surface area contributed by atoms with Crippen LogP contribution in [-0.2, 0) is 11.3 Å². The second-order valence-electron chi connectivity index (χ2n) is 8.00. The van der Waals surface area contributed by atoms with Gasteiger partial charge in [0.1, 0.15) is 23.4 Å². The fourth-order valence-corrected chi connectivity index (χ4v) is 3.76. The van der Waals surface area contributed by atoms with E-state index in [4.69, 9.17) is 4.42 Å². The molecule has 1 N–H and O–H groups in total. The van der Waals surface area contributed by atoms with E-state index in [0.717, 1.165) is 56.4 Å². The van der Waals surface area contributed by atoms with Gasteiger partial charge in [-0.05, 0) is 57.8 Å². The maximum Gasteiger partial charge on any atom is 0.242 e. The fraction of sp³-hybridized carbons (Fsp3) is 0.619. The minimum absolute atomic E-state index is 0.0726. The molecule has 3 heterocycles. The topological polar surface area (TPSA) is 63.3 Å². The molecule has 1 saturated heterocycles. The number of aromatic nitrogens is 2. The average molecular weight is 373 g/mol. The Labute approximate surface area is 161 Å². The second-order valence-corrected chi connectivity index (χ2v) is 8.00. The van der Waals surface area contributed by atoms with E-state index in [9.17, 15) is 4.79 Å². The van der Waals surface area contributed by atoms with E-state index in [-0.39, 0.29) is 11.9 Å². The molecule has 2 aromatic rings. The van der Waals surface area contributed by atoms with E-state index in [2.05, 4.69) is 35.1 Å². The number of hydrogen-bond acceptors (Lipinski definition) is 4. The molecule has 1 atom stereocenters. The van der Waals surface area contributed by atoms with Crippen LogP contribution in [0.1, 0.15) is 62.9 Å². The maximum absolute atomic E-state index is 12.6. The largest absolute Gasteiger partial charge is 0.465 e. The summed E-state index contributed by atoms with van der Waals surface area (Å²) in [6, 6.07) is 3.85. The van der Waals surface area contributed by atoms with Gasteiger partial charge in [0.15, 0.2) is 0 Å². The first-order chi connectivity index (χ1) is 12.9. The van der Waals surface area contributed by atoms with Crippen LogP contribution in [0.25, 0.3) is 0 Å². The van der Waals surface area contributed by atoms with E-state index in [1.54, 1.807) is 6.20 Å². The third kappa shape index (κ3) is 5.01. The summed E-state index contributed by atoms with van der Waals surface area (Å²) in [5.74, 6) is 3.88. The zero-order chi connectivity index (χ0) is 19.4. The standard InChI is InChI=1S/C21H32N4O2/c1-15(2)20-22-9-12-25(20)17(4)21(26)23-13-18-7-10-24(11-8-18)14-19-6-5-16(3)27-19/h5-6,9,12,15,17-18H,7-8,10-11,13-14H2,1-4H3,(H,23,26)/t17-/m1/s1. The molecule has 0 aromatic carbocycles. The first-order valence-electron chi connectivity index (χ1n) is 10.0. The van der Waals surface area contributed by atoms with E-state index in [0.29, 0.717) is 11.8 Å². The van der Waals surface area contributed by atoms with Crippen molar-refractivity contribution in [2.24, 2.45) is 5.92 Å². The molecule has 0 spiro atoms.